The van der Waals surface area contributed by atoms with Gasteiger partial charge >= 0.3 is 0 Å². The summed E-state index contributed by atoms with van der Waals surface area (Å²) in [4.78, 5) is 3.43. The molecule has 2 aliphatic heterocycles. The van der Waals surface area contributed by atoms with Crippen LogP contribution in [0, 0.1) is 0 Å². The van der Waals surface area contributed by atoms with Crippen LogP contribution in [0.4, 0.5) is 0 Å². The molecule has 7 N–H and O–H groups in total. The number of aliphatic hydroxyl groups excluding tert-OH is 7. The fourth-order valence-electron chi connectivity index (χ4n) is 4.69. The Labute approximate surface area is 179 Å². The maximum atomic E-state index is 10.7. The van der Waals surface area contributed by atoms with Crippen LogP contribution in [0.1, 0.15) is 57.8 Å². The highest BCUT2D eigenvalue weighted by Gasteiger charge is 2.48. The van der Waals surface area contributed by atoms with E-state index in [0.29, 0.717) is 19.6 Å². The highest BCUT2D eigenvalue weighted by atomic mass is 16.4. The van der Waals surface area contributed by atoms with Crippen molar-refractivity contribution in [3.8, 4) is 0 Å². The number of aliphatic hydroxyl groups is 7. The van der Waals surface area contributed by atoms with E-state index in [1.165, 1.54) is 0 Å². The van der Waals surface area contributed by atoms with Crippen molar-refractivity contribution in [3.63, 3.8) is 0 Å². The van der Waals surface area contributed by atoms with Crippen molar-refractivity contribution in [3.05, 3.63) is 0 Å². The maximum absolute atomic E-state index is 10.7. The van der Waals surface area contributed by atoms with E-state index in [9.17, 15) is 30.6 Å². The number of unbranched alkanes of at least 4 members (excludes halogenated alkanes) is 6. The standard InChI is InChI=1S/C21H42N2O7/c24-13-9-5-3-1-2-4-6-12-23-14-15(25)17(26)16(23)18(27)19(28)20(29)21(30)22-10-7-8-11-22/h15-21,24-30H,1-14H2/t15-,16+,17-,18?,19+,20-,21+/m0/s1. The molecule has 1 unspecified atom stereocenters. The molecule has 0 bridgehead atoms. The molecule has 0 aromatic rings. The van der Waals surface area contributed by atoms with Crippen LogP contribution in [0.15, 0.2) is 0 Å². The largest absolute Gasteiger partial charge is 0.396 e. The average Bonchev–Trinajstić information content (AvgIpc) is 3.37. The molecule has 2 rings (SSSR count). The highest BCUT2D eigenvalue weighted by Crippen LogP contribution is 2.26. The fourth-order valence-corrected chi connectivity index (χ4v) is 4.69. The third-order valence-corrected chi connectivity index (χ3v) is 6.56. The second kappa shape index (κ2) is 13.2. The van der Waals surface area contributed by atoms with Crippen LogP contribution in [0.3, 0.4) is 0 Å². The Morgan fingerprint density at radius 3 is 1.93 bits per heavy atom. The van der Waals surface area contributed by atoms with E-state index in [1.807, 2.05) is 0 Å². The smallest absolute Gasteiger partial charge is 0.136 e. The second-order valence-electron chi connectivity index (χ2n) is 8.87. The molecule has 2 saturated heterocycles. The first-order valence-corrected chi connectivity index (χ1v) is 11.6. The van der Waals surface area contributed by atoms with Crippen molar-refractivity contribution in [2.24, 2.45) is 0 Å². The van der Waals surface area contributed by atoms with E-state index >= 15 is 0 Å². The van der Waals surface area contributed by atoms with Gasteiger partial charge in [-0.2, -0.15) is 0 Å². The minimum Gasteiger partial charge on any atom is -0.396 e. The lowest BCUT2D eigenvalue weighted by molar-refractivity contribution is -0.162. The SMILES string of the molecule is OCCCCCCCCCN1C[C@H](O)[C@H](O)[C@@H]1C(O)[C@@H](O)[C@H](O)[C@@H](O)N1CCCC1. The lowest BCUT2D eigenvalue weighted by atomic mass is 9.95. The summed E-state index contributed by atoms with van der Waals surface area (Å²) in [5.74, 6) is 0. The number of hydrogen-bond acceptors (Lipinski definition) is 9. The zero-order valence-corrected chi connectivity index (χ0v) is 18.0. The third-order valence-electron chi connectivity index (χ3n) is 6.56. The molecule has 178 valence electrons. The predicted octanol–water partition coefficient (Wildman–Crippen LogP) is -1.39. The first-order chi connectivity index (χ1) is 14.4. The van der Waals surface area contributed by atoms with Crippen LogP contribution in [0.25, 0.3) is 0 Å². The van der Waals surface area contributed by atoms with Crippen molar-refractivity contribution in [1.82, 2.24) is 9.80 Å². The summed E-state index contributed by atoms with van der Waals surface area (Å²) < 4.78 is 0. The van der Waals surface area contributed by atoms with Gasteiger partial charge in [0, 0.05) is 26.2 Å². The summed E-state index contributed by atoms with van der Waals surface area (Å²) in [6.45, 7) is 2.23. The second-order valence-corrected chi connectivity index (χ2v) is 8.87. The molecular weight excluding hydrogens is 392 g/mol. The van der Waals surface area contributed by atoms with E-state index in [-0.39, 0.29) is 13.2 Å². The van der Waals surface area contributed by atoms with Crippen LogP contribution in [0.2, 0.25) is 0 Å². The molecule has 0 amide bonds. The van der Waals surface area contributed by atoms with Crippen molar-refractivity contribution < 1.29 is 35.7 Å². The third kappa shape index (κ3) is 7.08. The number of likely N-dealkylation sites (tertiary alicyclic amines) is 2. The Balaban J connectivity index is 1.82. The Kier molecular flexibility index (Phi) is 11.4. The molecular formula is C21H42N2O7. The molecule has 2 fully saturated rings. The van der Waals surface area contributed by atoms with Crippen molar-refractivity contribution in [2.75, 3.05) is 32.8 Å². The van der Waals surface area contributed by atoms with E-state index in [2.05, 4.69) is 0 Å². The molecule has 0 aliphatic carbocycles. The van der Waals surface area contributed by atoms with Crippen molar-refractivity contribution in [1.29, 1.82) is 0 Å². The minimum absolute atomic E-state index is 0.191. The first kappa shape index (κ1) is 25.9. The predicted molar refractivity (Wildman–Crippen MR) is 112 cm³/mol. The van der Waals surface area contributed by atoms with Gasteiger partial charge in [-0.15, -0.1) is 0 Å². The molecule has 0 spiro atoms. The van der Waals surface area contributed by atoms with Gasteiger partial charge in [0.1, 0.15) is 24.5 Å². The van der Waals surface area contributed by atoms with Gasteiger partial charge in [-0.25, -0.2) is 0 Å². The van der Waals surface area contributed by atoms with Crippen molar-refractivity contribution in [2.45, 2.75) is 101 Å². The number of rotatable bonds is 14. The number of β-amino-alcohol motifs (C(OH)–C–C–N with tert-alkyl or cyclic N) is 1. The molecule has 7 atom stereocenters. The molecule has 0 radical (unpaired) electrons. The molecule has 0 aromatic heterocycles. The monoisotopic (exact) mass is 434 g/mol. The van der Waals surface area contributed by atoms with Gasteiger partial charge in [-0.05, 0) is 32.2 Å². The number of hydrogen-bond donors (Lipinski definition) is 7. The van der Waals surface area contributed by atoms with Gasteiger partial charge in [0.05, 0.1) is 18.2 Å². The molecule has 0 aromatic carbocycles. The molecule has 2 aliphatic rings. The molecule has 9 nitrogen and oxygen atoms in total. The Morgan fingerprint density at radius 2 is 1.33 bits per heavy atom. The quantitative estimate of drug-likeness (QED) is 0.164. The summed E-state index contributed by atoms with van der Waals surface area (Å²) in [6, 6.07) is -0.903. The first-order valence-electron chi connectivity index (χ1n) is 11.6. The average molecular weight is 435 g/mol. The fraction of sp³-hybridized carbons (Fsp3) is 1.00. The van der Waals surface area contributed by atoms with Gasteiger partial charge in [-0.1, -0.05) is 32.1 Å². The van der Waals surface area contributed by atoms with Crippen LogP contribution in [-0.4, -0.2) is 121 Å². The van der Waals surface area contributed by atoms with E-state index in [0.717, 1.165) is 57.8 Å². The van der Waals surface area contributed by atoms with E-state index in [1.54, 1.807) is 9.80 Å². The zero-order valence-electron chi connectivity index (χ0n) is 18.0. The summed E-state index contributed by atoms with van der Waals surface area (Å²) >= 11 is 0. The van der Waals surface area contributed by atoms with E-state index in [4.69, 9.17) is 5.11 Å². The van der Waals surface area contributed by atoms with Crippen LogP contribution < -0.4 is 0 Å². The van der Waals surface area contributed by atoms with Crippen LogP contribution in [-0.2, 0) is 0 Å². The zero-order chi connectivity index (χ0) is 22.1. The summed E-state index contributed by atoms with van der Waals surface area (Å²) in [5.41, 5.74) is 0. The molecule has 30 heavy (non-hydrogen) atoms. The summed E-state index contributed by atoms with van der Waals surface area (Å²) in [7, 11) is 0. The molecule has 0 saturated carbocycles. The van der Waals surface area contributed by atoms with Gasteiger partial charge in [-0.3, -0.25) is 9.80 Å². The van der Waals surface area contributed by atoms with Gasteiger partial charge in [0.2, 0.25) is 0 Å². The Bertz CT molecular complexity index is 467. The van der Waals surface area contributed by atoms with Crippen LogP contribution >= 0.6 is 0 Å². The Morgan fingerprint density at radius 1 is 0.767 bits per heavy atom. The lowest BCUT2D eigenvalue weighted by Gasteiger charge is -2.36. The van der Waals surface area contributed by atoms with Gasteiger partial charge < -0.3 is 35.7 Å². The molecule has 2 heterocycles. The summed E-state index contributed by atoms with van der Waals surface area (Å²) in [6.07, 6.45) is 0.482. The lowest BCUT2D eigenvalue weighted by Crippen LogP contribution is -2.58. The molecule has 9 heteroatoms. The van der Waals surface area contributed by atoms with Gasteiger partial charge in [0.15, 0.2) is 0 Å². The normalized spacial score (nSPS) is 29.9. The van der Waals surface area contributed by atoms with Gasteiger partial charge in [0.25, 0.3) is 0 Å². The van der Waals surface area contributed by atoms with E-state index < -0.39 is 42.8 Å². The minimum atomic E-state index is -1.64. The number of nitrogens with zero attached hydrogens (tertiary/aromatic N) is 2. The highest BCUT2D eigenvalue weighted by molar-refractivity contribution is 5.01. The summed E-state index contributed by atoms with van der Waals surface area (Å²) in [5, 5.41) is 71.1. The van der Waals surface area contributed by atoms with Crippen LogP contribution in [0.5, 0.6) is 0 Å². The topological polar surface area (TPSA) is 148 Å². The Hall–Kier alpha value is -0.360. The van der Waals surface area contributed by atoms with Crippen molar-refractivity contribution >= 4 is 0 Å². The maximum Gasteiger partial charge on any atom is 0.136 e.